The van der Waals surface area contributed by atoms with Crippen molar-refractivity contribution in [1.29, 1.82) is 0 Å². The first-order valence-corrected chi connectivity index (χ1v) is 6.45. The highest BCUT2D eigenvalue weighted by atomic mass is 35.5. The second-order valence-electron chi connectivity index (χ2n) is 4.44. The van der Waals surface area contributed by atoms with E-state index >= 15 is 0 Å². The Morgan fingerprint density at radius 1 is 0.944 bits per heavy atom. The zero-order valence-corrected chi connectivity index (χ0v) is 11.8. The van der Waals surface area contributed by atoms with Crippen molar-refractivity contribution in [2.75, 3.05) is 0 Å². The molecule has 0 saturated heterocycles. The van der Waals surface area contributed by atoms with E-state index in [2.05, 4.69) is 0 Å². The summed E-state index contributed by atoms with van der Waals surface area (Å²) in [6, 6.07) is 11.2. The van der Waals surface area contributed by atoms with Crippen LogP contribution in [0, 0.1) is 13.8 Å². The van der Waals surface area contributed by atoms with Gasteiger partial charge in [-0.15, -0.1) is 0 Å². The third kappa shape index (κ3) is 2.69. The van der Waals surface area contributed by atoms with Crippen molar-refractivity contribution in [3.63, 3.8) is 0 Å². The van der Waals surface area contributed by atoms with E-state index in [0.29, 0.717) is 10.0 Å². The highest BCUT2D eigenvalue weighted by molar-refractivity contribution is 6.42. The first-order valence-electron chi connectivity index (χ1n) is 5.69. The molecule has 2 aromatic rings. The summed E-state index contributed by atoms with van der Waals surface area (Å²) in [7, 11) is 0. The largest absolute Gasteiger partial charge is 0.384 e. The SMILES string of the molecule is Cc1ccc(C)c([C@H](O)c2ccc(Cl)c(Cl)c2)c1. The average molecular weight is 281 g/mol. The van der Waals surface area contributed by atoms with Gasteiger partial charge < -0.3 is 5.11 Å². The third-order valence-corrected chi connectivity index (χ3v) is 3.73. The van der Waals surface area contributed by atoms with Gasteiger partial charge >= 0.3 is 0 Å². The topological polar surface area (TPSA) is 20.2 Å². The van der Waals surface area contributed by atoms with Gasteiger partial charge in [-0.3, -0.25) is 0 Å². The molecular weight excluding hydrogens is 267 g/mol. The van der Waals surface area contributed by atoms with E-state index < -0.39 is 6.10 Å². The van der Waals surface area contributed by atoms with E-state index in [1.54, 1.807) is 18.2 Å². The Hall–Kier alpha value is -1.02. The van der Waals surface area contributed by atoms with Gasteiger partial charge in [-0.2, -0.15) is 0 Å². The lowest BCUT2D eigenvalue weighted by atomic mass is 9.96. The molecule has 1 N–H and O–H groups in total. The van der Waals surface area contributed by atoms with Gasteiger partial charge in [-0.05, 0) is 42.7 Å². The Labute approximate surface area is 117 Å². The molecule has 0 spiro atoms. The minimum atomic E-state index is -0.681. The van der Waals surface area contributed by atoms with Crippen molar-refractivity contribution in [2.24, 2.45) is 0 Å². The molecule has 0 radical (unpaired) electrons. The van der Waals surface area contributed by atoms with Crippen molar-refractivity contribution < 1.29 is 5.11 Å². The number of rotatable bonds is 2. The Bertz CT molecular complexity index is 579. The van der Waals surface area contributed by atoms with Gasteiger partial charge in [0.25, 0.3) is 0 Å². The van der Waals surface area contributed by atoms with Crippen molar-refractivity contribution in [3.8, 4) is 0 Å². The molecule has 0 aliphatic rings. The fourth-order valence-electron chi connectivity index (χ4n) is 1.92. The van der Waals surface area contributed by atoms with Crippen LogP contribution in [0.15, 0.2) is 36.4 Å². The molecule has 3 heteroatoms. The van der Waals surface area contributed by atoms with Crippen LogP contribution in [-0.4, -0.2) is 5.11 Å². The zero-order chi connectivity index (χ0) is 13.3. The maximum Gasteiger partial charge on any atom is 0.104 e. The summed E-state index contributed by atoms with van der Waals surface area (Å²) in [6.45, 7) is 3.99. The molecule has 18 heavy (non-hydrogen) atoms. The van der Waals surface area contributed by atoms with Gasteiger partial charge in [0.05, 0.1) is 10.0 Å². The van der Waals surface area contributed by atoms with Crippen molar-refractivity contribution >= 4 is 23.2 Å². The molecule has 0 aromatic heterocycles. The van der Waals surface area contributed by atoms with Crippen LogP contribution in [0.25, 0.3) is 0 Å². The molecule has 0 fully saturated rings. The number of benzene rings is 2. The standard InChI is InChI=1S/C15H14Cl2O/c1-9-3-4-10(2)12(7-9)15(18)11-5-6-13(16)14(17)8-11/h3-8,15,18H,1-2H3/t15-/m1/s1. The van der Waals surface area contributed by atoms with Gasteiger partial charge in [0.15, 0.2) is 0 Å². The number of hydrogen-bond acceptors (Lipinski definition) is 1. The summed E-state index contributed by atoms with van der Waals surface area (Å²) in [6.07, 6.45) is -0.681. The third-order valence-electron chi connectivity index (χ3n) is 2.99. The van der Waals surface area contributed by atoms with Crippen molar-refractivity contribution in [2.45, 2.75) is 20.0 Å². The van der Waals surface area contributed by atoms with Crippen LogP contribution < -0.4 is 0 Å². The molecule has 2 aromatic carbocycles. The molecule has 0 amide bonds. The molecule has 0 unspecified atom stereocenters. The lowest BCUT2D eigenvalue weighted by Crippen LogP contribution is -2.02. The normalized spacial score (nSPS) is 12.5. The Morgan fingerprint density at radius 2 is 1.67 bits per heavy atom. The molecule has 0 aliphatic carbocycles. The second kappa shape index (κ2) is 5.31. The highest BCUT2D eigenvalue weighted by Crippen LogP contribution is 2.30. The molecule has 1 nitrogen and oxygen atoms in total. The van der Waals surface area contributed by atoms with Crippen LogP contribution in [0.3, 0.4) is 0 Å². The Balaban J connectivity index is 2.44. The number of halogens is 2. The number of aryl methyl sites for hydroxylation is 2. The maximum absolute atomic E-state index is 10.4. The van der Waals surface area contributed by atoms with E-state index in [-0.39, 0.29) is 0 Å². The lowest BCUT2D eigenvalue weighted by Gasteiger charge is -2.15. The fourth-order valence-corrected chi connectivity index (χ4v) is 2.22. The first kappa shape index (κ1) is 13.4. The van der Waals surface area contributed by atoms with Crippen molar-refractivity contribution in [3.05, 3.63) is 68.7 Å². The summed E-state index contributed by atoms with van der Waals surface area (Å²) < 4.78 is 0. The van der Waals surface area contributed by atoms with E-state index in [1.807, 2.05) is 32.0 Å². The predicted octanol–water partition coefficient (Wildman–Crippen LogP) is 4.69. The molecule has 0 bridgehead atoms. The van der Waals surface area contributed by atoms with Crippen LogP contribution in [0.1, 0.15) is 28.4 Å². The number of aliphatic hydroxyl groups excluding tert-OH is 1. The van der Waals surface area contributed by atoms with Crippen molar-refractivity contribution in [1.82, 2.24) is 0 Å². The smallest absolute Gasteiger partial charge is 0.104 e. The molecule has 0 heterocycles. The summed E-state index contributed by atoms with van der Waals surface area (Å²) in [5.41, 5.74) is 3.82. The average Bonchev–Trinajstić information content (AvgIpc) is 2.35. The van der Waals surface area contributed by atoms with E-state index in [0.717, 1.165) is 22.3 Å². The quantitative estimate of drug-likeness (QED) is 0.846. The maximum atomic E-state index is 10.4. The first-order chi connectivity index (χ1) is 8.49. The monoisotopic (exact) mass is 280 g/mol. The van der Waals surface area contributed by atoms with Crippen LogP contribution in [0.4, 0.5) is 0 Å². The molecule has 0 saturated carbocycles. The summed E-state index contributed by atoms with van der Waals surface area (Å²) in [4.78, 5) is 0. The highest BCUT2D eigenvalue weighted by Gasteiger charge is 2.14. The fraction of sp³-hybridized carbons (Fsp3) is 0.200. The molecule has 94 valence electrons. The minimum absolute atomic E-state index is 0.457. The van der Waals surface area contributed by atoms with E-state index in [1.165, 1.54) is 0 Å². The predicted molar refractivity (Wildman–Crippen MR) is 76.4 cm³/mol. The molecule has 2 rings (SSSR count). The van der Waals surface area contributed by atoms with Gasteiger partial charge in [0.2, 0.25) is 0 Å². The summed E-state index contributed by atoms with van der Waals surface area (Å²) >= 11 is 11.8. The van der Waals surface area contributed by atoms with E-state index in [4.69, 9.17) is 23.2 Å². The van der Waals surface area contributed by atoms with Gasteiger partial charge in [0.1, 0.15) is 6.10 Å². The summed E-state index contributed by atoms with van der Waals surface area (Å²) in [5.74, 6) is 0. The lowest BCUT2D eigenvalue weighted by molar-refractivity contribution is 0.219. The minimum Gasteiger partial charge on any atom is -0.384 e. The van der Waals surface area contributed by atoms with E-state index in [9.17, 15) is 5.11 Å². The molecular formula is C15H14Cl2O. The Morgan fingerprint density at radius 3 is 2.33 bits per heavy atom. The van der Waals surface area contributed by atoms with Crippen LogP contribution >= 0.6 is 23.2 Å². The van der Waals surface area contributed by atoms with Gasteiger partial charge in [0, 0.05) is 0 Å². The summed E-state index contributed by atoms with van der Waals surface area (Å²) in [5, 5.41) is 11.4. The Kier molecular flexibility index (Phi) is 3.96. The zero-order valence-electron chi connectivity index (χ0n) is 10.2. The second-order valence-corrected chi connectivity index (χ2v) is 5.25. The van der Waals surface area contributed by atoms with Crippen LogP contribution in [0.2, 0.25) is 10.0 Å². The van der Waals surface area contributed by atoms with Gasteiger partial charge in [-0.25, -0.2) is 0 Å². The van der Waals surface area contributed by atoms with Crippen LogP contribution in [-0.2, 0) is 0 Å². The number of hydrogen-bond donors (Lipinski definition) is 1. The number of aliphatic hydroxyl groups is 1. The van der Waals surface area contributed by atoms with Gasteiger partial charge in [-0.1, -0.05) is 53.0 Å². The molecule has 1 atom stereocenters. The molecule has 0 aliphatic heterocycles. The van der Waals surface area contributed by atoms with Crippen LogP contribution in [0.5, 0.6) is 0 Å².